The first kappa shape index (κ1) is 15.2. The van der Waals surface area contributed by atoms with Crippen molar-refractivity contribution in [2.45, 2.75) is 32.2 Å². The van der Waals surface area contributed by atoms with Gasteiger partial charge in [-0.05, 0) is 39.4 Å². The molecule has 1 atom stereocenters. The minimum absolute atomic E-state index is 0.114. The summed E-state index contributed by atoms with van der Waals surface area (Å²) in [5.74, 6) is 0. The van der Waals surface area contributed by atoms with E-state index in [-0.39, 0.29) is 12.6 Å². The molecule has 0 spiro atoms. The van der Waals surface area contributed by atoms with E-state index in [1.165, 1.54) is 32.3 Å². The monoisotopic (exact) mass is 317 g/mol. The molecule has 0 amide bonds. The van der Waals surface area contributed by atoms with E-state index in [1.54, 1.807) is 0 Å². The van der Waals surface area contributed by atoms with Gasteiger partial charge in [0, 0.05) is 17.1 Å². The summed E-state index contributed by atoms with van der Waals surface area (Å²) in [4.78, 5) is 0. The van der Waals surface area contributed by atoms with Gasteiger partial charge in [0.1, 0.15) is 0 Å². The lowest BCUT2D eigenvalue weighted by Crippen LogP contribution is -2.23. The Labute approximate surface area is 142 Å². The van der Waals surface area contributed by atoms with E-state index in [0.29, 0.717) is 0 Å². The lowest BCUT2D eigenvalue weighted by Gasteiger charge is -2.20. The average molecular weight is 317 g/mol. The Bertz CT molecular complexity index is 960. The predicted octanol–water partition coefficient (Wildman–Crippen LogP) is 5.55. The maximum atomic E-state index is 9.69. The second-order valence-electron chi connectivity index (χ2n) is 6.64. The molecule has 0 bridgehead atoms. The zero-order valence-electron chi connectivity index (χ0n) is 14.0. The molecule has 0 aliphatic rings. The highest BCUT2D eigenvalue weighted by Crippen LogP contribution is 2.37. The van der Waals surface area contributed by atoms with Crippen LogP contribution in [0.1, 0.15) is 26.2 Å². The van der Waals surface area contributed by atoms with E-state index in [1.807, 2.05) is 0 Å². The van der Waals surface area contributed by atoms with E-state index in [0.717, 1.165) is 24.9 Å². The molecule has 0 aliphatic heterocycles. The Morgan fingerprint density at radius 1 is 0.875 bits per heavy atom. The number of hydrogen-bond acceptors (Lipinski definition) is 2. The van der Waals surface area contributed by atoms with Gasteiger partial charge in [-0.15, -0.1) is 0 Å². The third-order valence-electron chi connectivity index (χ3n) is 5.01. The molecule has 2 nitrogen and oxygen atoms in total. The van der Waals surface area contributed by atoms with Gasteiger partial charge in [0.25, 0.3) is 0 Å². The minimum Gasteiger partial charge on any atom is -0.394 e. The number of aliphatic hydroxyl groups is 1. The molecule has 2 N–H and O–H groups in total. The molecule has 4 aromatic rings. The lowest BCUT2D eigenvalue weighted by molar-refractivity contribution is 0.267. The van der Waals surface area contributed by atoms with Crippen LogP contribution in [0.4, 0.5) is 5.69 Å². The van der Waals surface area contributed by atoms with Gasteiger partial charge in [-0.2, -0.15) is 0 Å². The zero-order chi connectivity index (χ0) is 16.5. The van der Waals surface area contributed by atoms with Crippen LogP contribution in [0.2, 0.25) is 0 Å². The van der Waals surface area contributed by atoms with Gasteiger partial charge in [-0.1, -0.05) is 68.3 Å². The third-order valence-corrected chi connectivity index (χ3v) is 5.01. The smallest absolute Gasteiger partial charge is 0.0632 e. The molecule has 24 heavy (non-hydrogen) atoms. The quantitative estimate of drug-likeness (QED) is 0.457. The fourth-order valence-corrected chi connectivity index (χ4v) is 3.74. The Balaban J connectivity index is 1.87. The summed E-state index contributed by atoms with van der Waals surface area (Å²) >= 11 is 0. The Morgan fingerprint density at radius 3 is 2.25 bits per heavy atom. The highest BCUT2D eigenvalue weighted by molar-refractivity contribution is 6.25. The molecule has 4 aromatic carbocycles. The molecule has 0 heterocycles. The van der Waals surface area contributed by atoms with Gasteiger partial charge in [-0.3, -0.25) is 0 Å². The van der Waals surface area contributed by atoms with Crippen LogP contribution in [-0.4, -0.2) is 17.8 Å². The van der Waals surface area contributed by atoms with E-state index >= 15 is 0 Å². The Kier molecular flexibility index (Phi) is 3.99. The van der Waals surface area contributed by atoms with Crippen molar-refractivity contribution in [2.75, 3.05) is 11.9 Å². The van der Waals surface area contributed by atoms with Crippen molar-refractivity contribution in [1.29, 1.82) is 0 Å². The fraction of sp³-hybridized carbons (Fsp3) is 0.273. The van der Waals surface area contributed by atoms with E-state index in [9.17, 15) is 5.11 Å². The molecule has 2 heteroatoms. The van der Waals surface area contributed by atoms with Crippen molar-refractivity contribution in [3.05, 3.63) is 54.6 Å². The van der Waals surface area contributed by atoms with Crippen LogP contribution < -0.4 is 5.32 Å². The summed E-state index contributed by atoms with van der Waals surface area (Å²) in [6.45, 7) is 2.35. The predicted molar refractivity (Wildman–Crippen MR) is 104 cm³/mol. The first-order chi connectivity index (χ1) is 11.8. The Hall–Kier alpha value is -2.32. The molecule has 0 saturated carbocycles. The lowest BCUT2D eigenvalue weighted by atomic mass is 9.93. The van der Waals surface area contributed by atoms with Gasteiger partial charge in [0.2, 0.25) is 0 Å². The molecule has 0 aromatic heterocycles. The molecule has 1 unspecified atom stereocenters. The summed E-state index contributed by atoms with van der Waals surface area (Å²) in [6.07, 6.45) is 3.27. The van der Waals surface area contributed by atoms with Crippen molar-refractivity contribution in [3.8, 4) is 0 Å². The third kappa shape index (κ3) is 2.47. The molecular weight excluding hydrogens is 294 g/mol. The molecule has 4 rings (SSSR count). The summed E-state index contributed by atoms with van der Waals surface area (Å²) < 4.78 is 0. The second-order valence-corrected chi connectivity index (χ2v) is 6.64. The average Bonchev–Trinajstić information content (AvgIpc) is 2.64. The number of anilines is 1. The first-order valence-electron chi connectivity index (χ1n) is 8.85. The molecule has 0 aliphatic carbocycles. The van der Waals surface area contributed by atoms with Crippen molar-refractivity contribution in [2.24, 2.45) is 0 Å². The van der Waals surface area contributed by atoms with Crippen molar-refractivity contribution in [3.63, 3.8) is 0 Å². The molecule has 0 fully saturated rings. The molecule has 0 radical (unpaired) electrons. The Morgan fingerprint density at radius 2 is 1.54 bits per heavy atom. The van der Waals surface area contributed by atoms with Crippen molar-refractivity contribution in [1.82, 2.24) is 0 Å². The number of rotatable bonds is 6. The molecule has 122 valence electrons. The second kappa shape index (κ2) is 6.29. The van der Waals surface area contributed by atoms with E-state index in [2.05, 4.69) is 66.8 Å². The van der Waals surface area contributed by atoms with Crippen LogP contribution in [0.15, 0.2) is 54.6 Å². The van der Waals surface area contributed by atoms with Crippen molar-refractivity contribution < 1.29 is 5.11 Å². The number of hydrogen-bond donors (Lipinski definition) is 2. The van der Waals surface area contributed by atoms with E-state index in [4.69, 9.17) is 0 Å². The number of aliphatic hydroxyl groups excluding tert-OH is 1. The van der Waals surface area contributed by atoms with Crippen molar-refractivity contribution >= 4 is 38.0 Å². The van der Waals surface area contributed by atoms with Crippen LogP contribution in [-0.2, 0) is 0 Å². The van der Waals surface area contributed by atoms with Crippen LogP contribution >= 0.6 is 0 Å². The normalized spacial score (nSPS) is 13.1. The number of unbranched alkanes of at least 4 members (excludes halogenated alkanes) is 1. The summed E-state index contributed by atoms with van der Waals surface area (Å²) in [7, 11) is 0. The number of benzene rings is 4. The number of nitrogens with one attached hydrogen (secondary N) is 1. The largest absolute Gasteiger partial charge is 0.394 e. The first-order valence-corrected chi connectivity index (χ1v) is 8.85. The molecular formula is C22H23NO. The molecule has 0 saturated heterocycles. The van der Waals surface area contributed by atoms with Gasteiger partial charge < -0.3 is 10.4 Å². The van der Waals surface area contributed by atoms with Crippen LogP contribution in [0.25, 0.3) is 32.3 Å². The summed E-state index contributed by atoms with van der Waals surface area (Å²) in [6, 6.07) is 19.7. The minimum atomic E-state index is 0.114. The van der Waals surface area contributed by atoms with Crippen LogP contribution in [0, 0.1) is 0 Å². The van der Waals surface area contributed by atoms with Crippen LogP contribution in [0.5, 0.6) is 0 Å². The SMILES string of the molecule is CCCCC(CO)Nc1ccc2ccc3cccc4ccc1c2c34. The van der Waals surface area contributed by atoms with Gasteiger partial charge in [-0.25, -0.2) is 0 Å². The standard InChI is InChI=1S/C22H23NO/c1-2-3-7-18(14-24)23-20-13-11-17-9-8-15-5-4-6-16-10-12-19(20)22(17)21(15)16/h4-6,8-13,18,23-24H,2-3,7,14H2,1H3. The maximum Gasteiger partial charge on any atom is 0.0632 e. The summed E-state index contributed by atoms with van der Waals surface area (Å²) in [5.41, 5.74) is 1.12. The van der Waals surface area contributed by atoms with E-state index < -0.39 is 0 Å². The van der Waals surface area contributed by atoms with Crippen LogP contribution in [0.3, 0.4) is 0 Å². The topological polar surface area (TPSA) is 32.3 Å². The van der Waals surface area contributed by atoms with Gasteiger partial charge in [0.15, 0.2) is 0 Å². The van der Waals surface area contributed by atoms with Gasteiger partial charge in [0.05, 0.1) is 6.61 Å². The summed E-state index contributed by atoms with van der Waals surface area (Å²) in [5, 5.41) is 21.0. The highest BCUT2D eigenvalue weighted by atomic mass is 16.3. The van der Waals surface area contributed by atoms with Gasteiger partial charge >= 0.3 is 0 Å². The maximum absolute atomic E-state index is 9.69. The highest BCUT2D eigenvalue weighted by Gasteiger charge is 2.13. The zero-order valence-corrected chi connectivity index (χ0v) is 14.0. The fourth-order valence-electron chi connectivity index (χ4n) is 3.74.